The van der Waals surface area contributed by atoms with E-state index in [1.54, 1.807) is 12.1 Å². The Morgan fingerprint density at radius 2 is 2.10 bits per heavy atom. The van der Waals surface area contributed by atoms with Gasteiger partial charge in [0.1, 0.15) is 6.04 Å². The number of hydrogen-bond donors (Lipinski definition) is 3. The number of pyridine rings is 1. The summed E-state index contributed by atoms with van der Waals surface area (Å²) in [4.78, 5) is 27.7. The lowest BCUT2D eigenvalue weighted by atomic mass is 9.84. The van der Waals surface area contributed by atoms with Crippen molar-refractivity contribution in [1.29, 1.82) is 0 Å². The van der Waals surface area contributed by atoms with Gasteiger partial charge in [0.25, 0.3) is 5.91 Å². The van der Waals surface area contributed by atoms with Gasteiger partial charge in [-0.05, 0) is 30.9 Å². The van der Waals surface area contributed by atoms with E-state index in [0.29, 0.717) is 11.3 Å². The van der Waals surface area contributed by atoms with Crippen molar-refractivity contribution in [1.82, 2.24) is 10.3 Å². The Morgan fingerprint density at radius 3 is 2.71 bits per heavy atom. The second-order valence-electron chi connectivity index (χ2n) is 5.43. The van der Waals surface area contributed by atoms with Crippen LogP contribution in [0.1, 0.15) is 48.2 Å². The van der Waals surface area contributed by atoms with E-state index < -0.39 is 12.0 Å². The molecule has 1 aliphatic carbocycles. The highest BCUT2D eigenvalue weighted by Crippen LogP contribution is 2.26. The summed E-state index contributed by atoms with van der Waals surface area (Å²) in [6.07, 6.45) is 6.39. The lowest BCUT2D eigenvalue weighted by Crippen LogP contribution is -2.46. The zero-order chi connectivity index (χ0) is 15.2. The molecule has 1 heterocycles. The molecule has 21 heavy (non-hydrogen) atoms. The molecule has 1 saturated carbocycles. The van der Waals surface area contributed by atoms with Gasteiger partial charge < -0.3 is 16.2 Å². The van der Waals surface area contributed by atoms with Gasteiger partial charge in [-0.1, -0.05) is 19.3 Å². The van der Waals surface area contributed by atoms with Crippen LogP contribution in [0.15, 0.2) is 18.3 Å². The van der Waals surface area contributed by atoms with Crippen LogP contribution in [0.4, 0.5) is 0 Å². The number of rotatable bonds is 5. The van der Waals surface area contributed by atoms with Crippen LogP contribution in [0.5, 0.6) is 0 Å². The molecule has 0 aliphatic heterocycles. The third-order valence-electron chi connectivity index (χ3n) is 3.96. The number of carboxylic acid groups (broad SMARTS) is 1. The number of hydrogen-bond acceptors (Lipinski definition) is 4. The van der Waals surface area contributed by atoms with Crippen LogP contribution in [0, 0.1) is 5.92 Å². The van der Waals surface area contributed by atoms with Crippen LogP contribution in [-0.2, 0) is 11.3 Å². The van der Waals surface area contributed by atoms with E-state index in [1.165, 1.54) is 6.20 Å². The van der Waals surface area contributed by atoms with Crippen molar-refractivity contribution in [2.24, 2.45) is 11.7 Å². The number of aliphatic carboxylic acids is 1. The van der Waals surface area contributed by atoms with E-state index in [1.807, 2.05) is 0 Å². The molecule has 4 N–H and O–H groups in total. The minimum absolute atomic E-state index is 0.0102. The fraction of sp³-hybridized carbons (Fsp3) is 0.533. The number of aromatic nitrogens is 1. The predicted molar refractivity (Wildman–Crippen MR) is 77.6 cm³/mol. The molecular weight excluding hydrogens is 270 g/mol. The lowest BCUT2D eigenvalue weighted by molar-refractivity contribution is -0.141. The number of nitrogens with zero attached hydrogens (tertiary/aromatic N) is 1. The van der Waals surface area contributed by atoms with Crippen LogP contribution in [-0.4, -0.2) is 28.0 Å². The summed E-state index contributed by atoms with van der Waals surface area (Å²) in [6.45, 7) is 0.242. The Kier molecular flexibility index (Phi) is 5.27. The molecule has 1 fully saturated rings. The van der Waals surface area contributed by atoms with E-state index in [2.05, 4.69) is 10.3 Å². The molecule has 0 saturated heterocycles. The van der Waals surface area contributed by atoms with Gasteiger partial charge in [-0.25, -0.2) is 4.79 Å². The van der Waals surface area contributed by atoms with E-state index >= 15 is 0 Å². The number of carbonyl (C=O) groups excluding carboxylic acids is 1. The molecule has 1 aromatic rings. The van der Waals surface area contributed by atoms with Gasteiger partial charge in [-0.3, -0.25) is 9.78 Å². The molecular formula is C15H21N3O3. The van der Waals surface area contributed by atoms with Crippen molar-refractivity contribution in [2.75, 3.05) is 0 Å². The summed E-state index contributed by atoms with van der Waals surface area (Å²) in [5.41, 5.74) is 6.50. The fourth-order valence-corrected chi connectivity index (χ4v) is 2.80. The van der Waals surface area contributed by atoms with Gasteiger partial charge in [-0.2, -0.15) is 0 Å². The molecule has 6 nitrogen and oxygen atoms in total. The van der Waals surface area contributed by atoms with Gasteiger partial charge >= 0.3 is 5.97 Å². The van der Waals surface area contributed by atoms with Crippen LogP contribution in [0.2, 0.25) is 0 Å². The fourth-order valence-electron chi connectivity index (χ4n) is 2.80. The number of carboxylic acids is 1. The SMILES string of the molecule is NCc1cc(C(=O)NC(C(=O)O)C2CCCCC2)ccn1. The minimum atomic E-state index is -0.969. The highest BCUT2D eigenvalue weighted by molar-refractivity contribution is 5.96. The third-order valence-corrected chi connectivity index (χ3v) is 3.96. The Labute approximate surface area is 123 Å². The van der Waals surface area contributed by atoms with Crippen molar-refractivity contribution >= 4 is 11.9 Å². The molecule has 0 radical (unpaired) electrons. The molecule has 6 heteroatoms. The van der Waals surface area contributed by atoms with Crippen LogP contribution < -0.4 is 11.1 Å². The Bertz CT molecular complexity index is 513. The first-order valence-corrected chi connectivity index (χ1v) is 7.30. The summed E-state index contributed by atoms with van der Waals surface area (Å²) in [5, 5.41) is 12.0. The molecule has 1 aliphatic rings. The molecule has 1 aromatic heterocycles. The quantitative estimate of drug-likeness (QED) is 0.758. The summed E-state index contributed by atoms with van der Waals surface area (Å²) in [5.74, 6) is -1.34. The van der Waals surface area contributed by atoms with Crippen LogP contribution in [0.25, 0.3) is 0 Å². The van der Waals surface area contributed by atoms with Crippen LogP contribution in [0.3, 0.4) is 0 Å². The highest BCUT2D eigenvalue weighted by Gasteiger charge is 2.30. The first kappa shape index (κ1) is 15.4. The molecule has 0 aromatic carbocycles. The molecule has 114 valence electrons. The Balaban J connectivity index is 2.08. The van der Waals surface area contributed by atoms with Crippen molar-refractivity contribution in [3.63, 3.8) is 0 Å². The Hall–Kier alpha value is -1.95. The maximum atomic E-state index is 12.2. The molecule has 1 unspecified atom stereocenters. The number of nitrogens with one attached hydrogen (secondary N) is 1. The lowest BCUT2D eigenvalue weighted by Gasteiger charge is -2.28. The van der Waals surface area contributed by atoms with E-state index in [-0.39, 0.29) is 18.4 Å². The van der Waals surface area contributed by atoms with Gasteiger partial charge in [-0.15, -0.1) is 0 Å². The Morgan fingerprint density at radius 1 is 1.38 bits per heavy atom. The summed E-state index contributed by atoms with van der Waals surface area (Å²) in [6, 6.07) is 2.33. The van der Waals surface area contributed by atoms with Crippen molar-refractivity contribution in [2.45, 2.75) is 44.7 Å². The first-order chi connectivity index (χ1) is 10.1. The number of amides is 1. The topological polar surface area (TPSA) is 105 Å². The smallest absolute Gasteiger partial charge is 0.326 e. The van der Waals surface area contributed by atoms with Gasteiger partial charge in [0.15, 0.2) is 0 Å². The van der Waals surface area contributed by atoms with Gasteiger partial charge in [0.2, 0.25) is 0 Å². The zero-order valence-electron chi connectivity index (χ0n) is 11.9. The maximum Gasteiger partial charge on any atom is 0.326 e. The van der Waals surface area contributed by atoms with E-state index in [0.717, 1.165) is 32.1 Å². The zero-order valence-corrected chi connectivity index (χ0v) is 11.9. The molecule has 2 rings (SSSR count). The van der Waals surface area contributed by atoms with E-state index in [4.69, 9.17) is 5.73 Å². The normalized spacial score (nSPS) is 17.2. The predicted octanol–water partition coefficient (Wildman–Crippen LogP) is 1.30. The summed E-state index contributed by atoms with van der Waals surface area (Å²) in [7, 11) is 0. The standard InChI is InChI=1S/C15H21N3O3/c16-9-12-8-11(6-7-17-12)14(19)18-13(15(20)21)10-4-2-1-3-5-10/h6-8,10,13H,1-5,9,16H2,(H,18,19)(H,20,21). The maximum absolute atomic E-state index is 12.2. The summed E-state index contributed by atoms with van der Waals surface area (Å²) >= 11 is 0. The molecule has 0 bridgehead atoms. The third kappa shape index (κ3) is 4.01. The van der Waals surface area contributed by atoms with E-state index in [9.17, 15) is 14.7 Å². The first-order valence-electron chi connectivity index (χ1n) is 7.30. The molecule has 1 amide bonds. The highest BCUT2D eigenvalue weighted by atomic mass is 16.4. The number of nitrogens with two attached hydrogens (primary N) is 1. The average molecular weight is 291 g/mol. The monoisotopic (exact) mass is 291 g/mol. The van der Waals surface area contributed by atoms with Crippen molar-refractivity contribution in [3.05, 3.63) is 29.6 Å². The largest absolute Gasteiger partial charge is 0.480 e. The van der Waals surface area contributed by atoms with Crippen LogP contribution >= 0.6 is 0 Å². The van der Waals surface area contributed by atoms with Gasteiger partial charge in [0, 0.05) is 18.3 Å². The number of carbonyl (C=O) groups is 2. The minimum Gasteiger partial charge on any atom is -0.480 e. The molecule has 0 spiro atoms. The van der Waals surface area contributed by atoms with Crippen molar-refractivity contribution < 1.29 is 14.7 Å². The second-order valence-corrected chi connectivity index (χ2v) is 5.43. The molecule has 1 atom stereocenters. The second kappa shape index (κ2) is 7.17. The summed E-state index contributed by atoms with van der Waals surface area (Å²) < 4.78 is 0. The van der Waals surface area contributed by atoms with Crippen molar-refractivity contribution in [3.8, 4) is 0 Å². The average Bonchev–Trinajstić information content (AvgIpc) is 2.53. The van der Waals surface area contributed by atoms with Gasteiger partial charge in [0.05, 0.1) is 5.69 Å².